The maximum absolute atomic E-state index is 6.36. The predicted molar refractivity (Wildman–Crippen MR) is 97.0 cm³/mol. The van der Waals surface area contributed by atoms with Crippen molar-refractivity contribution in [2.24, 2.45) is 0 Å². The highest BCUT2D eigenvalue weighted by Crippen LogP contribution is 2.49. The molecule has 0 amide bonds. The smallest absolute Gasteiger partial charge is 0.170 e. The highest BCUT2D eigenvalue weighted by molar-refractivity contribution is 5.82. The molecule has 24 heavy (non-hydrogen) atoms. The molecule has 3 nitrogen and oxygen atoms in total. The molecule has 1 aliphatic heterocycles. The van der Waals surface area contributed by atoms with Gasteiger partial charge in [0.2, 0.25) is 0 Å². The molecule has 0 unspecified atom stereocenters. The van der Waals surface area contributed by atoms with Gasteiger partial charge in [0, 0.05) is 11.6 Å². The Morgan fingerprint density at radius 3 is 2.67 bits per heavy atom. The van der Waals surface area contributed by atoms with E-state index in [2.05, 4.69) is 50.4 Å². The second kappa shape index (κ2) is 5.52. The van der Waals surface area contributed by atoms with E-state index in [0.717, 1.165) is 30.9 Å². The average Bonchev–Trinajstić information content (AvgIpc) is 2.54. The van der Waals surface area contributed by atoms with E-state index >= 15 is 0 Å². The Bertz CT molecular complexity index is 789. The molecule has 2 aromatic carbocycles. The summed E-state index contributed by atoms with van der Waals surface area (Å²) in [6.07, 6.45) is 2.10. The molecule has 0 radical (unpaired) electrons. The SMILES string of the molecule is COc1ccc2c(c1OC(C)(C)C)-c1cccc3c1[C@@H](C2)NCC3. The molecule has 0 aromatic heterocycles. The van der Waals surface area contributed by atoms with Gasteiger partial charge in [-0.1, -0.05) is 24.3 Å². The van der Waals surface area contributed by atoms with Crippen molar-refractivity contribution < 1.29 is 9.47 Å². The molecule has 1 aliphatic carbocycles. The Hall–Kier alpha value is -2.00. The summed E-state index contributed by atoms with van der Waals surface area (Å²) in [5, 5.41) is 3.68. The minimum Gasteiger partial charge on any atom is -0.493 e. The number of nitrogens with one attached hydrogen (secondary N) is 1. The number of fused-ring (bicyclic) bond motifs is 2. The lowest BCUT2D eigenvalue weighted by Gasteiger charge is -2.36. The average molecular weight is 323 g/mol. The fourth-order valence-electron chi connectivity index (χ4n) is 3.98. The first kappa shape index (κ1) is 15.5. The van der Waals surface area contributed by atoms with Crippen molar-refractivity contribution in [1.82, 2.24) is 5.32 Å². The van der Waals surface area contributed by atoms with Crippen LogP contribution in [-0.2, 0) is 12.8 Å². The molecular formula is C21H25NO2. The fraction of sp³-hybridized carbons (Fsp3) is 0.429. The number of ether oxygens (including phenoxy) is 2. The molecule has 2 aromatic rings. The maximum Gasteiger partial charge on any atom is 0.170 e. The lowest BCUT2D eigenvalue weighted by Crippen LogP contribution is -2.34. The fourth-order valence-corrected chi connectivity index (χ4v) is 3.98. The summed E-state index contributed by atoms with van der Waals surface area (Å²) in [4.78, 5) is 0. The van der Waals surface area contributed by atoms with Crippen molar-refractivity contribution in [1.29, 1.82) is 0 Å². The molecule has 0 fully saturated rings. The second-order valence-corrected chi connectivity index (χ2v) is 7.68. The topological polar surface area (TPSA) is 30.5 Å². The van der Waals surface area contributed by atoms with Gasteiger partial charge in [-0.15, -0.1) is 0 Å². The van der Waals surface area contributed by atoms with Gasteiger partial charge in [-0.2, -0.15) is 0 Å². The van der Waals surface area contributed by atoms with Crippen LogP contribution in [0.15, 0.2) is 30.3 Å². The zero-order valence-electron chi connectivity index (χ0n) is 14.9. The van der Waals surface area contributed by atoms with Crippen LogP contribution in [0.5, 0.6) is 11.5 Å². The van der Waals surface area contributed by atoms with Crippen molar-refractivity contribution in [3.8, 4) is 22.6 Å². The molecule has 1 atom stereocenters. The lowest BCUT2D eigenvalue weighted by atomic mass is 9.77. The molecule has 0 saturated heterocycles. The third-order valence-electron chi connectivity index (χ3n) is 4.86. The van der Waals surface area contributed by atoms with Gasteiger partial charge in [0.25, 0.3) is 0 Å². The Balaban J connectivity index is 1.98. The number of benzene rings is 2. The minimum absolute atomic E-state index is 0.271. The van der Waals surface area contributed by atoms with Crippen LogP contribution < -0.4 is 14.8 Å². The largest absolute Gasteiger partial charge is 0.493 e. The maximum atomic E-state index is 6.36. The molecule has 0 bridgehead atoms. The van der Waals surface area contributed by atoms with Crippen molar-refractivity contribution in [3.63, 3.8) is 0 Å². The first-order chi connectivity index (χ1) is 11.5. The van der Waals surface area contributed by atoms with Gasteiger partial charge < -0.3 is 14.8 Å². The van der Waals surface area contributed by atoms with E-state index in [1.165, 1.54) is 27.8 Å². The molecule has 4 rings (SSSR count). The van der Waals surface area contributed by atoms with Crippen LogP contribution in [0, 0.1) is 0 Å². The summed E-state index contributed by atoms with van der Waals surface area (Å²) in [7, 11) is 1.71. The van der Waals surface area contributed by atoms with Crippen LogP contribution in [0.25, 0.3) is 11.1 Å². The van der Waals surface area contributed by atoms with Gasteiger partial charge >= 0.3 is 0 Å². The normalized spacial score (nSPS) is 18.6. The van der Waals surface area contributed by atoms with E-state index in [-0.39, 0.29) is 5.60 Å². The second-order valence-electron chi connectivity index (χ2n) is 7.68. The summed E-state index contributed by atoms with van der Waals surface area (Å²) in [5.41, 5.74) is 6.48. The summed E-state index contributed by atoms with van der Waals surface area (Å²) < 4.78 is 12.0. The summed E-state index contributed by atoms with van der Waals surface area (Å²) in [6.45, 7) is 7.30. The molecule has 1 N–H and O–H groups in total. The van der Waals surface area contributed by atoms with Crippen molar-refractivity contribution >= 4 is 0 Å². The molecule has 3 heteroatoms. The molecular weight excluding hydrogens is 298 g/mol. The van der Waals surface area contributed by atoms with E-state index in [9.17, 15) is 0 Å². The van der Waals surface area contributed by atoms with Crippen LogP contribution >= 0.6 is 0 Å². The molecule has 126 valence electrons. The highest BCUT2D eigenvalue weighted by Gasteiger charge is 2.33. The van der Waals surface area contributed by atoms with E-state index in [1.807, 2.05) is 6.07 Å². The molecule has 0 spiro atoms. The zero-order valence-corrected chi connectivity index (χ0v) is 14.9. The predicted octanol–water partition coefficient (Wildman–Crippen LogP) is 4.28. The zero-order chi connectivity index (χ0) is 16.9. The Morgan fingerprint density at radius 1 is 1.08 bits per heavy atom. The number of methoxy groups -OCH3 is 1. The minimum atomic E-state index is -0.271. The summed E-state index contributed by atoms with van der Waals surface area (Å²) in [6, 6.07) is 11.3. The van der Waals surface area contributed by atoms with Gasteiger partial charge in [0.1, 0.15) is 5.60 Å². The van der Waals surface area contributed by atoms with Gasteiger partial charge in [-0.3, -0.25) is 0 Å². The van der Waals surface area contributed by atoms with E-state index in [0.29, 0.717) is 6.04 Å². The van der Waals surface area contributed by atoms with Gasteiger partial charge in [0.05, 0.1) is 7.11 Å². The van der Waals surface area contributed by atoms with Crippen LogP contribution in [0.3, 0.4) is 0 Å². The molecule has 1 heterocycles. The highest BCUT2D eigenvalue weighted by atomic mass is 16.5. The number of hydrogen-bond acceptors (Lipinski definition) is 3. The van der Waals surface area contributed by atoms with Crippen molar-refractivity contribution in [3.05, 3.63) is 47.0 Å². The van der Waals surface area contributed by atoms with Gasteiger partial charge in [-0.25, -0.2) is 0 Å². The van der Waals surface area contributed by atoms with E-state index in [1.54, 1.807) is 7.11 Å². The standard InChI is InChI=1S/C21H25NO2/c1-21(2,3)24-20-17(23-4)9-8-14-12-16-18-13(10-11-22-16)6-5-7-15(18)19(14)20/h5-9,16,22H,10-12H2,1-4H3/t16-/m1/s1. The third kappa shape index (κ3) is 2.48. The molecule has 2 aliphatic rings. The summed E-state index contributed by atoms with van der Waals surface area (Å²) >= 11 is 0. The first-order valence-electron chi connectivity index (χ1n) is 8.72. The number of rotatable bonds is 2. The quantitative estimate of drug-likeness (QED) is 0.894. The Labute approximate surface area is 144 Å². The lowest BCUT2D eigenvalue weighted by molar-refractivity contribution is 0.126. The molecule has 0 saturated carbocycles. The monoisotopic (exact) mass is 323 g/mol. The third-order valence-corrected chi connectivity index (χ3v) is 4.86. The van der Waals surface area contributed by atoms with Crippen molar-refractivity contribution in [2.45, 2.75) is 45.3 Å². The Kier molecular flexibility index (Phi) is 3.57. The number of hydrogen-bond donors (Lipinski definition) is 1. The van der Waals surface area contributed by atoms with E-state index < -0.39 is 0 Å². The van der Waals surface area contributed by atoms with E-state index in [4.69, 9.17) is 9.47 Å². The Morgan fingerprint density at radius 2 is 1.92 bits per heavy atom. The van der Waals surface area contributed by atoms with Crippen LogP contribution in [0.2, 0.25) is 0 Å². The van der Waals surface area contributed by atoms with Gasteiger partial charge in [0.15, 0.2) is 11.5 Å². The summed E-state index contributed by atoms with van der Waals surface area (Å²) in [5.74, 6) is 1.68. The van der Waals surface area contributed by atoms with Crippen LogP contribution in [0.4, 0.5) is 0 Å². The first-order valence-corrected chi connectivity index (χ1v) is 8.72. The van der Waals surface area contributed by atoms with Crippen LogP contribution in [0.1, 0.15) is 43.5 Å². The van der Waals surface area contributed by atoms with Crippen LogP contribution in [-0.4, -0.2) is 19.3 Å². The van der Waals surface area contributed by atoms with Gasteiger partial charge in [-0.05, 0) is 68.5 Å². The van der Waals surface area contributed by atoms with Crippen molar-refractivity contribution in [2.75, 3.05) is 13.7 Å².